The lowest BCUT2D eigenvalue weighted by atomic mass is 10.1. The van der Waals surface area contributed by atoms with Crippen molar-refractivity contribution < 1.29 is 14.6 Å². The molecule has 2 unspecified atom stereocenters. The van der Waals surface area contributed by atoms with Gasteiger partial charge in [0.05, 0.1) is 5.69 Å². The van der Waals surface area contributed by atoms with Crippen molar-refractivity contribution in [1.29, 1.82) is 0 Å². The van der Waals surface area contributed by atoms with E-state index >= 15 is 0 Å². The number of fused-ring (bicyclic) bond motifs is 1. The van der Waals surface area contributed by atoms with Gasteiger partial charge in [-0.3, -0.25) is 4.79 Å². The summed E-state index contributed by atoms with van der Waals surface area (Å²) < 4.78 is 5.61. The summed E-state index contributed by atoms with van der Waals surface area (Å²) in [6.45, 7) is 4.68. The maximum atomic E-state index is 11.1. The third-order valence-electron chi connectivity index (χ3n) is 3.05. The van der Waals surface area contributed by atoms with Crippen LogP contribution >= 0.6 is 11.3 Å². The van der Waals surface area contributed by atoms with Crippen LogP contribution in [0.1, 0.15) is 54.3 Å². The molecule has 1 N–H and O–H groups in total. The molecule has 0 aliphatic heterocycles. The van der Waals surface area contributed by atoms with E-state index in [9.17, 15) is 4.79 Å². The summed E-state index contributed by atoms with van der Waals surface area (Å²) >= 11 is 1.62. The minimum Gasteiger partial charge on any atom is -0.481 e. The van der Waals surface area contributed by atoms with Gasteiger partial charge in [-0.1, -0.05) is 6.92 Å². The van der Waals surface area contributed by atoms with Crippen molar-refractivity contribution >= 4 is 17.3 Å². The van der Waals surface area contributed by atoms with Crippen LogP contribution in [0.3, 0.4) is 0 Å². The fourth-order valence-corrected chi connectivity index (χ4v) is 3.46. The number of hydrogen-bond acceptors (Lipinski definition) is 4. The Hall–Kier alpha value is -0.940. The molecule has 0 spiro atoms. The van der Waals surface area contributed by atoms with Crippen LogP contribution in [0.25, 0.3) is 0 Å². The summed E-state index contributed by atoms with van der Waals surface area (Å²) in [5, 5.41) is 10.0. The van der Waals surface area contributed by atoms with Gasteiger partial charge >= 0.3 is 5.97 Å². The molecular weight excluding hydrogens is 238 g/mol. The minimum absolute atomic E-state index is 0.0186. The molecule has 1 aromatic rings. The lowest BCUT2D eigenvalue weighted by Gasteiger charge is -2.11. The molecule has 94 valence electrons. The van der Waals surface area contributed by atoms with Crippen molar-refractivity contribution in [3.8, 4) is 0 Å². The molecule has 0 saturated heterocycles. The molecular formula is C12H17NO3S. The number of rotatable bonds is 5. The van der Waals surface area contributed by atoms with E-state index in [1.165, 1.54) is 0 Å². The van der Waals surface area contributed by atoms with Crippen LogP contribution in [0.15, 0.2) is 0 Å². The molecule has 1 aromatic heterocycles. The molecule has 5 heteroatoms. The maximum absolute atomic E-state index is 11.1. The molecule has 1 aliphatic carbocycles. The SMILES string of the molecule is CCOC(CC)c1nc2c(s1)CCC2C(=O)O. The van der Waals surface area contributed by atoms with E-state index < -0.39 is 11.9 Å². The van der Waals surface area contributed by atoms with Gasteiger partial charge < -0.3 is 9.84 Å². The molecule has 1 heterocycles. The topological polar surface area (TPSA) is 59.4 Å². The number of carboxylic acid groups (broad SMARTS) is 1. The fourth-order valence-electron chi connectivity index (χ4n) is 2.19. The number of nitrogens with zero attached hydrogens (tertiary/aromatic N) is 1. The number of ether oxygens (including phenoxy) is 1. The van der Waals surface area contributed by atoms with E-state index in [2.05, 4.69) is 11.9 Å². The Balaban J connectivity index is 2.23. The Labute approximate surface area is 105 Å². The Morgan fingerprint density at radius 2 is 2.41 bits per heavy atom. The molecule has 0 amide bonds. The van der Waals surface area contributed by atoms with E-state index in [4.69, 9.17) is 9.84 Å². The molecule has 4 nitrogen and oxygen atoms in total. The van der Waals surface area contributed by atoms with E-state index in [0.717, 1.165) is 28.4 Å². The van der Waals surface area contributed by atoms with Gasteiger partial charge in [-0.05, 0) is 26.2 Å². The number of carboxylic acids is 1. The highest BCUT2D eigenvalue weighted by Crippen LogP contribution is 2.39. The van der Waals surface area contributed by atoms with Crippen LogP contribution in [-0.2, 0) is 16.0 Å². The van der Waals surface area contributed by atoms with Crippen molar-refractivity contribution in [1.82, 2.24) is 4.98 Å². The van der Waals surface area contributed by atoms with Crippen molar-refractivity contribution in [2.45, 2.75) is 45.1 Å². The highest BCUT2D eigenvalue weighted by molar-refractivity contribution is 7.11. The van der Waals surface area contributed by atoms with Gasteiger partial charge in [0.15, 0.2) is 0 Å². The van der Waals surface area contributed by atoms with Gasteiger partial charge in [-0.2, -0.15) is 0 Å². The van der Waals surface area contributed by atoms with Crippen LogP contribution in [0, 0.1) is 0 Å². The smallest absolute Gasteiger partial charge is 0.312 e. The minimum atomic E-state index is -0.759. The van der Waals surface area contributed by atoms with Gasteiger partial charge in [-0.25, -0.2) is 4.98 Å². The predicted molar refractivity (Wildman–Crippen MR) is 65.5 cm³/mol. The van der Waals surface area contributed by atoms with E-state index in [-0.39, 0.29) is 6.10 Å². The van der Waals surface area contributed by atoms with Crippen LogP contribution < -0.4 is 0 Å². The first-order valence-electron chi connectivity index (χ1n) is 6.01. The quantitative estimate of drug-likeness (QED) is 0.879. The van der Waals surface area contributed by atoms with Gasteiger partial charge in [0.2, 0.25) is 0 Å². The fraction of sp³-hybridized carbons (Fsp3) is 0.667. The normalized spacial score (nSPS) is 20.2. The molecule has 0 aromatic carbocycles. The number of aromatic nitrogens is 1. The van der Waals surface area contributed by atoms with Crippen LogP contribution in [0.5, 0.6) is 0 Å². The molecule has 0 radical (unpaired) electrons. The van der Waals surface area contributed by atoms with E-state index in [1.807, 2.05) is 6.92 Å². The Morgan fingerprint density at radius 1 is 1.65 bits per heavy atom. The highest BCUT2D eigenvalue weighted by Gasteiger charge is 2.33. The lowest BCUT2D eigenvalue weighted by Crippen LogP contribution is -2.09. The monoisotopic (exact) mass is 255 g/mol. The van der Waals surface area contributed by atoms with Gasteiger partial charge in [0, 0.05) is 11.5 Å². The molecule has 17 heavy (non-hydrogen) atoms. The zero-order valence-corrected chi connectivity index (χ0v) is 10.9. The second kappa shape index (κ2) is 5.14. The average Bonchev–Trinajstić information content (AvgIpc) is 2.84. The molecule has 2 rings (SSSR count). The highest BCUT2D eigenvalue weighted by atomic mass is 32.1. The van der Waals surface area contributed by atoms with Gasteiger partial charge in [-0.15, -0.1) is 11.3 Å². The van der Waals surface area contributed by atoms with Crippen molar-refractivity contribution in [3.05, 3.63) is 15.6 Å². The lowest BCUT2D eigenvalue weighted by molar-refractivity contribution is -0.138. The third kappa shape index (κ3) is 2.35. The largest absolute Gasteiger partial charge is 0.481 e. The molecule has 0 bridgehead atoms. The Kier molecular flexibility index (Phi) is 3.79. The maximum Gasteiger partial charge on any atom is 0.312 e. The van der Waals surface area contributed by atoms with Crippen LogP contribution in [-0.4, -0.2) is 22.7 Å². The summed E-state index contributed by atoms with van der Waals surface area (Å²) in [5.41, 5.74) is 0.774. The molecule has 0 fully saturated rings. The van der Waals surface area contributed by atoms with E-state index in [0.29, 0.717) is 13.0 Å². The second-order valence-corrected chi connectivity index (χ2v) is 5.26. The molecule has 0 saturated carbocycles. The number of aliphatic carboxylic acids is 1. The Morgan fingerprint density at radius 3 is 3.00 bits per heavy atom. The predicted octanol–water partition coefficient (Wildman–Crippen LogP) is 2.75. The summed E-state index contributed by atoms with van der Waals surface area (Å²) in [6.07, 6.45) is 2.42. The zero-order valence-electron chi connectivity index (χ0n) is 10.1. The zero-order chi connectivity index (χ0) is 12.4. The number of hydrogen-bond donors (Lipinski definition) is 1. The van der Waals surface area contributed by atoms with Crippen LogP contribution in [0.2, 0.25) is 0 Å². The first kappa shape index (κ1) is 12.5. The molecule has 1 aliphatic rings. The van der Waals surface area contributed by atoms with Crippen molar-refractivity contribution in [2.75, 3.05) is 6.61 Å². The second-order valence-electron chi connectivity index (χ2n) is 4.14. The molecule has 2 atom stereocenters. The van der Waals surface area contributed by atoms with Crippen LogP contribution in [0.4, 0.5) is 0 Å². The number of thiazole rings is 1. The summed E-state index contributed by atoms with van der Waals surface area (Å²) in [6, 6.07) is 0. The van der Waals surface area contributed by atoms with Crippen molar-refractivity contribution in [3.63, 3.8) is 0 Å². The third-order valence-corrected chi connectivity index (χ3v) is 4.27. The average molecular weight is 255 g/mol. The van der Waals surface area contributed by atoms with Gasteiger partial charge in [0.25, 0.3) is 0 Å². The number of carbonyl (C=O) groups is 1. The summed E-state index contributed by atoms with van der Waals surface area (Å²) in [5.74, 6) is -1.17. The Bertz CT molecular complexity index is 416. The number of aryl methyl sites for hydroxylation is 1. The van der Waals surface area contributed by atoms with Gasteiger partial charge in [0.1, 0.15) is 17.0 Å². The standard InChI is InChI=1S/C12H17NO3S/c1-3-8(16-4-2)11-13-10-7(12(14)15)5-6-9(10)17-11/h7-8H,3-6H2,1-2H3,(H,14,15). The first-order valence-corrected chi connectivity index (χ1v) is 6.82. The summed E-state index contributed by atoms with van der Waals surface area (Å²) in [7, 11) is 0. The van der Waals surface area contributed by atoms with E-state index in [1.54, 1.807) is 11.3 Å². The first-order chi connectivity index (χ1) is 8.17. The summed E-state index contributed by atoms with van der Waals surface area (Å²) in [4.78, 5) is 16.7. The van der Waals surface area contributed by atoms with Crippen molar-refractivity contribution in [2.24, 2.45) is 0 Å².